The third kappa shape index (κ3) is 3.56. The molecule has 2 heterocycles. The van der Waals surface area contributed by atoms with Crippen LogP contribution in [0.1, 0.15) is 29.3 Å². The molecule has 24 heavy (non-hydrogen) atoms. The second kappa shape index (κ2) is 7.00. The third-order valence-corrected chi connectivity index (χ3v) is 4.57. The first-order valence-corrected chi connectivity index (χ1v) is 8.23. The van der Waals surface area contributed by atoms with Gasteiger partial charge in [0.2, 0.25) is 5.91 Å². The van der Waals surface area contributed by atoms with Gasteiger partial charge in [0.1, 0.15) is 0 Å². The molecule has 2 fully saturated rings. The Morgan fingerprint density at radius 3 is 2.92 bits per heavy atom. The lowest BCUT2D eigenvalue weighted by Crippen LogP contribution is -2.48. The van der Waals surface area contributed by atoms with Crippen LogP contribution in [-0.2, 0) is 11.3 Å². The van der Waals surface area contributed by atoms with Gasteiger partial charge in [-0.05, 0) is 43.1 Å². The second-order valence-corrected chi connectivity index (χ2v) is 6.39. The van der Waals surface area contributed by atoms with Crippen molar-refractivity contribution >= 4 is 17.8 Å². The monoisotopic (exact) mass is 330 g/mol. The van der Waals surface area contributed by atoms with Gasteiger partial charge in [-0.2, -0.15) is 0 Å². The van der Waals surface area contributed by atoms with Crippen LogP contribution in [0.4, 0.5) is 4.79 Å². The molecule has 2 atom stereocenters. The SMILES string of the molecule is CC1CNCCC1NC(=O)c1cccc(CN2C(=O)CNC2=O)c1. The Morgan fingerprint density at radius 1 is 1.38 bits per heavy atom. The van der Waals surface area contributed by atoms with Gasteiger partial charge in [0.15, 0.2) is 0 Å². The molecule has 2 aliphatic heterocycles. The number of amides is 4. The predicted octanol–water partition coefficient (Wildman–Crippen LogP) is 0.466. The van der Waals surface area contributed by atoms with Crippen molar-refractivity contribution in [2.45, 2.75) is 25.9 Å². The van der Waals surface area contributed by atoms with Crippen LogP contribution in [0.5, 0.6) is 0 Å². The molecule has 0 saturated carbocycles. The Hall–Kier alpha value is -2.41. The Labute approximate surface area is 140 Å². The minimum atomic E-state index is -0.390. The van der Waals surface area contributed by atoms with Crippen molar-refractivity contribution in [2.24, 2.45) is 5.92 Å². The quantitative estimate of drug-likeness (QED) is 0.700. The number of carbonyl (C=O) groups excluding carboxylic acids is 3. The van der Waals surface area contributed by atoms with Gasteiger partial charge in [-0.3, -0.25) is 14.5 Å². The minimum Gasteiger partial charge on any atom is -0.349 e. The van der Waals surface area contributed by atoms with Crippen molar-refractivity contribution in [2.75, 3.05) is 19.6 Å². The van der Waals surface area contributed by atoms with Crippen LogP contribution >= 0.6 is 0 Å². The number of nitrogens with one attached hydrogen (secondary N) is 3. The standard InChI is InChI=1S/C17H22N4O3/c1-11-8-18-6-5-14(11)20-16(23)13-4-2-3-12(7-13)10-21-15(22)9-19-17(21)24/h2-4,7,11,14,18H,5-6,8-10H2,1H3,(H,19,24)(H,20,23). The molecule has 2 unspecified atom stereocenters. The van der Waals surface area contributed by atoms with E-state index in [-0.39, 0.29) is 30.9 Å². The second-order valence-electron chi connectivity index (χ2n) is 6.39. The minimum absolute atomic E-state index is 0.0343. The van der Waals surface area contributed by atoms with Gasteiger partial charge in [0.05, 0.1) is 13.1 Å². The van der Waals surface area contributed by atoms with Gasteiger partial charge in [-0.25, -0.2) is 4.79 Å². The van der Waals surface area contributed by atoms with Crippen LogP contribution in [0.3, 0.4) is 0 Å². The lowest BCUT2D eigenvalue weighted by atomic mass is 9.95. The largest absolute Gasteiger partial charge is 0.349 e. The van der Waals surface area contributed by atoms with Gasteiger partial charge in [-0.15, -0.1) is 0 Å². The van der Waals surface area contributed by atoms with Crippen molar-refractivity contribution in [1.82, 2.24) is 20.9 Å². The van der Waals surface area contributed by atoms with Crippen LogP contribution in [0.15, 0.2) is 24.3 Å². The molecule has 128 valence electrons. The predicted molar refractivity (Wildman–Crippen MR) is 88.3 cm³/mol. The van der Waals surface area contributed by atoms with E-state index in [1.807, 2.05) is 6.07 Å². The van der Waals surface area contributed by atoms with Crippen molar-refractivity contribution in [1.29, 1.82) is 0 Å². The Morgan fingerprint density at radius 2 is 2.21 bits per heavy atom. The van der Waals surface area contributed by atoms with E-state index >= 15 is 0 Å². The van der Waals surface area contributed by atoms with Gasteiger partial charge in [0.25, 0.3) is 5.91 Å². The van der Waals surface area contributed by atoms with Crippen molar-refractivity contribution < 1.29 is 14.4 Å². The summed E-state index contributed by atoms with van der Waals surface area (Å²) < 4.78 is 0. The highest BCUT2D eigenvalue weighted by Crippen LogP contribution is 2.14. The van der Waals surface area contributed by atoms with Crippen molar-refractivity contribution in [3.63, 3.8) is 0 Å². The van der Waals surface area contributed by atoms with E-state index in [2.05, 4.69) is 22.9 Å². The zero-order valence-corrected chi connectivity index (χ0v) is 13.7. The lowest BCUT2D eigenvalue weighted by Gasteiger charge is -2.30. The summed E-state index contributed by atoms with van der Waals surface area (Å²) in [6.45, 7) is 4.13. The molecule has 0 spiro atoms. The summed E-state index contributed by atoms with van der Waals surface area (Å²) in [4.78, 5) is 36.9. The average Bonchev–Trinajstić information content (AvgIpc) is 2.89. The zero-order chi connectivity index (χ0) is 17.1. The van der Waals surface area contributed by atoms with Crippen LogP contribution in [0, 0.1) is 5.92 Å². The summed E-state index contributed by atoms with van der Waals surface area (Å²) >= 11 is 0. The molecule has 0 bridgehead atoms. The summed E-state index contributed by atoms with van der Waals surface area (Å²) in [5.41, 5.74) is 1.30. The summed E-state index contributed by atoms with van der Waals surface area (Å²) in [6.07, 6.45) is 0.912. The number of hydrogen-bond acceptors (Lipinski definition) is 4. The maximum atomic E-state index is 12.5. The molecular formula is C17H22N4O3. The van der Waals surface area contributed by atoms with E-state index in [1.165, 1.54) is 0 Å². The number of benzene rings is 1. The number of imide groups is 1. The van der Waals surface area contributed by atoms with E-state index in [4.69, 9.17) is 0 Å². The first-order valence-electron chi connectivity index (χ1n) is 8.23. The molecule has 0 aromatic heterocycles. The van der Waals surface area contributed by atoms with Crippen LogP contribution in [-0.4, -0.2) is 48.4 Å². The molecular weight excluding hydrogens is 308 g/mol. The van der Waals surface area contributed by atoms with Gasteiger partial charge in [-0.1, -0.05) is 19.1 Å². The van der Waals surface area contributed by atoms with E-state index < -0.39 is 6.03 Å². The smallest absolute Gasteiger partial charge is 0.324 e. The highest BCUT2D eigenvalue weighted by molar-refractivity contribution is 6.02. The number of urea groups is 1. The molecule has 7 nitrogen and oxygen atoms in total. The number of nitrogens with zero attached hydrogens (tertiary/aromatic N) is 1. The Balaban J connectivity index is 1.67. The van der Waals surface area contributed by atoms with E-state index in [0.29, 0.717) is 11.5 Å². The molecule has 1 aromatic carbocycles. The van der Waals surface area contributed by atoms with Crippen molar-refractivity contribution in [3.8, 4) is 0 Å². The first-order chi connectivity index (χ1) is 11.5. The highest BCUT2D eigenvalue weighted by Gasteiger charge is 2.28. The normalized spacial score (nSPS) is 24.0. The highest BCUT2D eigenvalue weighted by atomic mass is 16.2. The fourth-order valence-corrected chi connectivity index (χ4v) is 3.09. The van der Waals surface area contributed by atoms with E-state index in [1.54, 1.807) is 18.2 Å². The summed E-state index contributed by atoms with van der Waals surface area (Å²) in [7, 11) is 0. The van der Waals surface area contributed by atoms with Crippen LogP contribution < -0.4 is 16.0 Å². The number of hydrogen-bond donors (Lipinski definition) is 3. The average molecular weight is 330 g/mol. The molecule has 2 aliphatic rings. The molecule has 2 saturated heterocycles. The Bertz CT molecular complexity index is 645. The maximum absolute atomic E-state index is 12.5. The zero-order valence-electron chi connectivity index (χ0n) is 13.7. The summed E-state index contributed by atoms with van der Waals surface area (Å²) in [6, 6.07) is 6.83. The van der Waals surface area contributed by atoms with E-state index in [9.17, 15) is 14.4 Å². The molecule has 3 rings (SSSR count). The number of carbonyl (C=O) groups is 3. The fraction of sp³-hybridized carbons (Fsp3) is 0.471. The molecule has 1 aromatic rings. The van der Waals surface area contributed by atoms with Crippen molar-refractivity contribution in [3.05, 3.63) is 35.4 Å². The maximum Gasteiger partial charge on any atom is 0.324 e. The van der Waals surface area contributed by atoms with Gasteiger partial charge in [0, 0.05) is 11.6 Å². The van der Waals surface area contributed by atoms with Gasteiger partial charge < -0.3 is 16.0 Å². The molecule has 7 heteroatoms. The summed E-state index contributed by atoms with van der Waals surface area (Å²) in [5.74, 6) is 0.0167. The molecule has 3 N–H and O–H groups in total. The third-order valence-electron chi connectivity index (χ3n) is 4.57. The summed E-state index contributed by atoms with van der Waals surface area (Å²) in [5, 5.41) is 8.88. The Kier molecular flexibility index (Phi) is 4.80. The van der Waals surface area contributed by atoms with Crippen LogP contribution in [0.25, 0.3) is 0 Å². The molecule has 0 aliphatic carbocycles. The lowest BCUT2D eigenvalue weighted by molar-refractivity contribution is -0.125. The number of piperidine rings is 1. The fourth-order valence-electron chi connectivity index (χ4n) is 3.09. The van der Waals surface area contributed by atoms with Gasteiger partial charge >= 0.3 is 6.03 Å². The number of rotatable bonds is 4. The molecule has 4 amide bonds. The first kappa shape index (κ1) is 16.4. The van der Waals surface area contributed by atoms with E-state index in [0.717, 1.165) is 30.0 Å². The topological polar surface area (TPSA) is 90.5 Å². The molecule has 0 radical (unpaired) electrons. The van der Waals surface area contributed by atoms with Crippen LogP contribution in [0.2, 0.25) is 0 Å².